The third-order valence-electron chi connectivity index (χ3n) is 3.34. The maximum atomic E-state index is 11.7. The molecule has 4 nitrogen and oxygen atoms in total. The Bertz CT molecular complexity index is 226. The highest BCUT2D eigenvalue weighted by atomic mass is 16.7. The molecule has 1 saturated heterocycles. The third kappa shape index (κ3) is 2.69. The predicted molar refractivity (Wildman–Crippen MR) is 55.0 cm³/mol. The fraction of sp³-hybridized carbons (Fsp3) is 0.909. The maximum Gasteiger partial charge on any atom is 0.249 e. The van der Waals surface area contributed by atoms with E-state index in [1.165, 1.54) is 12.8 Å². The third-order valence-corrected chi connectivity index (χ3v) is 3.34. The van der Waals surface area contributed by atoms with Gasteiger partial charge in [0.2, 0.25) is 5.91 Å². The first-order valence-corrected chi connectivity index (χ1v) is 5.84. The van der Waals surface area contributed by atoms with Gasteiger partial charge in [-0.3, -0.25) is 9.63 Å². The van der Waals surface area contributed by atoms with Crippen LogP contribution in [0.1, 0.15) is 39.0 Å². The highest BCUT2D eigenvalue weighted by Crippen LogP contribution is 2.22. The Morgan fingerprint density at radius 2 is 2.07 bits per heavy atom. The van der Waals surface area contributed by atoms with Crippen molar-refractivity contribution in [3.63, 3.8) is 0 Å². The SMILES string of the molecule is CC1OCCC1C(=O)NOC1CCCC1. The Kier molecular flexibility index (Phi) is 3.59. The molecule has 0 aromatic heterocycles. The van der Waals surface area contributed by atoms with Gasteiger partial charge in [-0.1, -0.05) is 12.8 Å². The van der Waals surface area contributed by atoms with Crippen molar-refractivity contribution in [2.45, 2.75) is 51.2 Å². The standard InChI is InChI=1S/C11H19NO3/c1-8-10(6-7-14-8)11(13)12-15-9-4-2-3-5-9/h8-10H,2-7H2,1H3,(H,12,13). The first kappa shape index (κ1) is 10.9. The van der Waals surface area contributed by atoms with Crippen molar-refractivity contribution >= 4 is 5.91 Å². The van der Waals surface area contributed by atoms with Crippen molar-refractivity contribution in [1.82, 2.24) is 5.48 Å². The monoisotopic (exact) mass is 213 g/mol. The van der Waals surface area contributed by atoms with Crippen LogP contribution in [0.4, 0.5) is 0 Å². The normalized spacial score (nSPS) is 32.1. The summed E-state index contributed by atoms with van der Waals surface area (Å²) in [5.41, 5.74) is 2.58. The predicted octanol–water partition coefficient (Wildman–Crippen LogP) is 1.40. The number of nitrogens with one attached hydrogen (secondary N) is 1. The number of ether oxygens (including phenoxy) is 1. The molecule has 1 heterocycles. The molecule has 2 fully saturated rings. The Hall–Kier alpha value is -0.610. The Labute approximate surface area is 90.3 Å². The van der Waals surface area contributed by atoms with E-state index in [0.717, 1.165) is 19.3 Å². The van der Waals surface area contributed by atoms with E-state index in [0.29, 0.717) is 6.61 Å². The minimum atomic E-state index is -0.0357. The lowest BCUT2D eigenvalue weighted by Gasteiger charge is -2.16. The van der Waals surface area contributed by atoms with Crippen LogP contribution in [-0.4, -0.2) is 24.7 Å². The minimum Gasteiger partial charge on any atom is -0.378 e. The molecule has 2 atom stereocenters. The van der Waals surface area contributed by atoms with Crippen molar-refractivity contribution in [1.29, 1.82) is 0 Å². The van der Waals surface area contributed by atoms with E-state index in [1.54, 1.807) is 0 Å². The van der Waals surface area contributed by atoms with Gasteiger partial charge in [-0.05, 0) is 26.2 Å². The van der Waals surface area contributed by atoms with Gasteiger partial charge < -0.3 is 4.74 Å². The van der Waals surface area contributed by atoms with Crippen LogP contribution < -0.4 is 5.48 Å². The molecule has 1 N–H and O–H groups in total. The van der Waals surface area contributed by atoms with Gasteiger partial charge in [0.25, 0.3) is 0 Å². The number of rotatable bonds is 3. The van der Waals surface area contributed by atoms with Gasteiger partial charge in [0.15, 0.2) is 0 Å². The number of carbonyl (C=O) groups excluding carboxylic acids is 1. The van der Waals surface area contributed by atoms with Crippen LogP contribution >= 0.6 is 0 Å². The van der Waals surface area contributed by atoms with E-state index >= 15 is 0 Å². The quantitative estimate of drug-likeness (QED) is 0.721. The zero-order valence-corrected chi connectivity index (χ0v) is 9.20. The Morgan fingerprint density at radius 1 is 1.33 bits per heavy atom. The van der Waals surface area contributed by atoms with E-state index < -0.39 is 0 Å². The van der Waals surface area contributed by atoms with Gasteiger partial charge in [-0.15, -0.1) is 0 Å². The van der Waals surface area contributed by atoms with Gasteiger partial charge in [-0.25, -0.2) is 5.48 Å². The van der Waals surface area contributed by atoms with Gasteiger partial charge in [-0.2, -0.15) is 0 Å². The summed E-state index contributed by atoms with van der Waals surface area (Å²) < 4.78 is 5.34. The Balaban J connectivity index is 1.71. The molecule has 2 rings (SSSR count). The van der Waals surface area contributed by atoms with Crippen LogP contribution in [0, 0.1) is 5.92 Å². The number of hydrogen-bond donors (Lipinski definition) is 1. The first-order valence-electron chi connectivity index (χ1n) is 5.84. The molecule has 2 aliphatic rings. The van der Waals surface area contributed by atoms with Gasteiger partial charge in [0.05, 0.1) is 18.1 Å². The summed E-state index contributed by atoms with van der Waals surface area (Å²) in [7, 11) is 0. The van der Waals surface area contributed by atoms with Crippen molar-refractivity contribution < 1.29 is 14.4 Å². The molecule has 0 bridgehead atoms. The minimum absolute atomic E-state index is 0.0214. The Morgan fingerprint density at radius 3 is 2.67 bits per heavy atom. The molecule has 0 aromatic rings. The van der Waals surface area contributed by atoms with E-state index in [9.17, 15) is 4.79 Å². The molecule has 1 saturated carbocycles. The maximum absolute atomic E-state index is 11.7. The molecular formula is C11H19NO3. The average Bonchev–Trinajstić information content (AvgIpc) is 2.84. The van der Waals surface area contributed by atoms with Crippen molar-refractivity contribution in [3.05, 3.63) is 0 Å². The molecule has 0 radical (unpaired) electrons. The highest BCUT2D eigenvalue weighted by Gasteiger charge is 2.31. The lowest BCUT2D eigenvalue weighted by atomic mass is 10.0. The first-order chi connectivity index (χ1) is 7.27. The molecule has 15 heavy (non-hydrogen) atoms. The highest BCUT2D eigenvalue weighted by molar-refractivity contribution is 5.78. The lowest BCUT2D eigenvalue weighted by Crippen LogP contribution is -2.36. The molecular weight excluding hydrogens is 194 g/mol. The molecule has 86 valence electrons. The number of amides is 1. The number of carbonyl (C=O) groups is 1. The van der Waals surface area contributed by atoms with E-state index in [4.69, 9.17) is 9.57 Å². The zero-order valence-electron chi connectivity index (χ0n) is 9.20. The molecule has 2 unspecified atom stereocenters. The van der Waals surface area contributed by atoms with Gasteiger partial charge >= 0.3 is 0 Å². The van der Waals surface area contributed by atoms with Crippen molar-refractivity contribution in [3.8, 4) is 0 Å². The summed E-state index contributed by atoms with van der Waals surface area (Å²) in [6, 6.07) is 0. The van der Waals surface area contributed by atoms with Crippen LogP contribution in [0.3, 0.4) is 0 Å². The largest absolute Gasteiger partial charge is 0.378 e. The molecule has 1 amide bonds. The average molecular weight is 213 g/mol. The summed E-state index contributed by atoms with van der Waals surface area (Å²) in [5.74, 6) is -0.0571. The molecule has 1 aliphatic carbocycles. The van der Waals surface area contributed by atoms with Crippen LogP contribution in [0.5, 0.6) is 0 Å². The van der Waals surface area contributed by atoms with Crippen LogP contribution in [-0.2, 0) is 14.4 Å². The second-order valence-corrected chi connectivity index (χ2v) is 4.46. The smallest absolute Gasteiger partial charge is 0.249 e. The lowest BCUT2D eigenvalue weighted by molar-refractivity contribution is -0.143. The van der Waals surface area contributed by atoms with Crippen LogP contribution in [0.15, 0.2) is 0 Å². The van der Waals surface area contributed by atoms with Crippen molar-refractivity contribution in [2.24, 2.45) is 5.92 Å². The number of hydrogen-bond acceptors (Lipinski definition) is 3. The summed E-state index contributed by atoms with van der Waals surface area (Å²) in [5, 5.41) is 0. The summed E-state index contributed by atoms with van der Waals surface area (Å²) in [6.07, 6.45) is 5.62. The van der Waals surface area contributed by atoms with E-state index in [-0.39, 0.29) is 24.0 Å². The van der Waals surface area contributed by atoms with Gasteiger partial charge in [0.1, 0.15) is 0 Å². The zero-order chi connectivity index (χ0) is 10.7. The van der Waals surface area contributed by atoms with Crippen molar-refractivity contribution in [2.75, 3.05) is 6.61 Å². The van der Waals surface area contributed by atoms with Gasteiger partial charge in [0, 0.05) is 6.61 Å². The van der Waals surface area contributed by atoms with E-state index in [1.807, 2.05) is 6.92 Å². The fourth-order valence-electron chi connectivity index (χ4n) is 2.30. The second-order valence-electron chi connectivity index (χ2n) is 4.46. The topological polar surface area (TPSA) is 47.6 Å². The summed E-state index contributed by atoms with van der Waals surface area (Å²) in [6.45, 7) is 2.62. The molecule has 0 spiro atoms. The number of hydroxylamine groups is 1. The summed E-state index contributed by atoms with van der Waals surface area (Å²) >= 11 is 0. The summed E-state index contributed by atoms with van der Waals surface area (Å²) in [4.78, 5) is 17.1. The van der Waals surface area contributed by atoms with E-state index in [2.05, 4.69) is 5.48 Å². The second kappa shape index (κ2) is 4.94. The molecule has 4 heteroatoms. The van der Waals surface area contributed by atoms with Crippen LogP contribution in [0.2, 0.25) is 0 Å². The molecule has 0 aromatic carbocycles. The fourth-order valence-corrected chi connectivity index (χ4v) is 2.30. The molecule has 1 aliphatic heterocycles. The van der Waals surface area contributed by atoms with Crippen LogP contribution in [0.25, 0.3) is 0 Å².